The number of aromatic nitrogens is 3. The molecule has 0 saturated carbocycles. The highest BCUT2D eigenvalue weighted by atomic mass is 19.1. The van der Waals surface area contributed by atoms with Gasteiger partial charge in [-0.25, -0.2) is 14.1 Å². The van der Waals surface area contributed by atoms with Crippen LogP contribution < -0.4 is 5.32 Å². The van der Waals surface area contributed by atoms with Gasteiger partial charge in [-0.2, -0.15) is 5.10 Å². The van der Waals surface area contributed by atoms with Gasteiger partial charge in [-0.05, 0) is 55.3 Å². The maximum Gasteiger partial charge on any atom is 0.184 e. The first-order valence-corrected chi connectivity index (χ1v) is 11.9. The number of carbonyl (C=O) groups excluding carboxylic acids is 1. The maximum atomic E-state index is 14.4. The highest BCUT2D eigenvalue weighted by Gasteiger charge is 2.40. The van der Waals surface area contributed by atoms with Crippen LogP contribution >= 0.6 is 0 Å². The molecular weight excluding hydrogens is 431 g/mol. The third-order valence-corrected chi connectivity index (χ3v) is 7.19. The van der Waals surface area contributed by atoms with Crippen molar-refractivity contribution in [2.45, 2.75) is 44.9 Å². The normalized spacial score (nSPS) is 22.1. The lowest BCUT2D eigenvalue weighted by Gasteiger charge is -2.31. The smallest absolute Gasteiger partial charge is 0.184 e. The van der Waals surface area contributed by atoms with Crippen LogP contribution in [0.1, 0.15) is 63.7 Å². The Kier molecular flexibility index (Phi) is 5.34. The Morgan fingerprint density at radius 2 is 2.00 bits per heavy atom. The van der Waals surface area contributed by atoms with E-state index in [1.165, 1.54) is 24.1 Å². The largest absolute Gasteiger partial charge is 0.305 e. The minimum Gasteiger partial charge on any atom is -0.305 e. The van der Waals surface area contributed by atoms with Crippen LogP contribution in [0.15, 0.2) is 47.7 Å². The number of nitrogens with one attached hydrogen (secondary N) is 1. The van der Waals surface area contributed by atoms with Crippen molar-refractivity contribution in [2.24, 2.45) is 4.99 Å². The van der Waals surface area contributed by atoms with Crippen LogP contribution in [-0.4, -0.2) is 50.8 Å². The zero-order chi connectivity index (χ0) is 23.2. The summed E-state index contributed by atoms with van der Waals surface area (Å²) in [6, 6.07) is 11.4. The van der Waals surface area contributed by atoms with Gasteiger partial charge in [-0.3, -0.25) is 14.7 Å². The van der Waals surface area contributed by atoms with Crippen LogP contribution in [-0.2, 0) is 19.6 Å². The topological polar surface area (TPSA) is 75.4 Å². The summed E-state index contributed by atoms with van der Waals surface area (Å²) in [6.45, 7) is 6.44. The number of nitrogens with zero attached hydrogens (tertiary/aromatic N) is 5. The molecule has 1 N–H and O–H groups in total. The number of aliphatic imine (C=N–C) groups is 1. The van der Waals surface area contributed by atoms with Gasteiger partial charge < -0.3 is 5.32 Å². The van der Waals surface area contributed by atoms with E-state index >= 15 is 0 Å². The third-order valence-electron chi connectivity index (χ3n) is 7.19. The minimum absolute atomic E-state index is 0.0173. The first kappa shape index (κ1) is 21.3. The molecule has 7 nitrogen and oxygen atoms in total. The highest BCUT2D eigenvalue weighted by Crippen LogP contribution is 2.40. The van der Waals surface area contributed by atoms with Crippen molar-refractivity contribution in [3.8, 4) is 0 Å². The Hall–Kier alpha value is -3.23. The molecule has 0 radical (unpaired) electrons. The van der Waals surface area contributed by atoms with Gasteiger partial charge in [-0.15, -0.1) is 0 Å². The number of benzene rings is 2. The summed E-state index contributed by atoms with van der Waals surface area (Å²) in [4.78, 5) is 24.5. The number of likely N-dealkylation sites (tertiary alicyclic amines) is 1. The van der Waals surface area contributed by atoms with Gasteiger partial charge in [0.05, 0.1) is 11.6 Å². The molecule has 3 aromatic rings. The van der Waals surface area contributed by atoms with Crippen LogP contribution in [0, 0.1) is 5.82 Å². The molecule has 2 aromatic carbocycles. The average molecular weight is 459 g/mol. The summed E-state index contributed by atoms with van der Waals surface area (Å²) in [6.07, 6.45) is 2.84. The number of Topliss-reactive ketones (excluding diaryl/α,β-unsaturated/α-hetero) is 1. The fourth-order valence-electron chi connectivity index (χ4n) is 5.36. The quantitative estimate of drug-likeness (QED) is 0.635. The first-order valence-electron chi connectivity index (χ1n) is 11.9. The third kappa shape index (κ3) is 3.58. The highest BCUT2D eigenvalue weighted by molar-refractivity contribution is 6.18. The maximum absolute atomic E-state index is 14.4. The number of hydrogen-bond acceptors (Lipinski definition) is 6. The number of rotatable bonds is 5. The van der Waals surface area contributed by atoms with Gasteiger partial charge >= 0.3 is 0 Å². The SMILES string of the molecule is CCn1ncnc1C1C2=NCC(=O)c3cc(F)cc(c32)CNC1c1ccc(CN2CCC2)cc1. The zero-order valence-electron chi connectivity index (χ0n) is 19.2. The number of halogens is 1. The van der Waals surface area contributed by atoms with Crippen molar-refractivity contribution >= 4 is 11.5 Å². The Labute approximate surface area is 197 Å². The lowest BCUT2D eigenvalue weighted by atomic mass is 9.81. The van der Waals surface area contributed by atoms with Gasteiger partial charge in [0, 0.05) is 36.8 Å². The Morgan fingerprint density at radius 1 is 1.18 bits per heavy atom. The Balaban J connectivity index is 1.46. The van der Waals surface area contributed by atoms with E-state index in [-0.39, 0.29) is 24.3 Å². The first-order chi connectivity index (χ1) is 16.6. The van der Waals surface area contributed by atoms with Crippen LogP contribution in [0.5, 0.6) is 0 Å². The molecular formula is C26H27FN6O. The van der Waals surface area contributed by atoms with E-state index in [9.17, 15) is 9.18 Å². The summed E-state index contributed by atoms with van der Waals surface area (Å²) in [7, 11) is 0. The van der Waals surface area contributed by atoms with Crippen molar-refractivity contribution in [1.82, 2.24) is 25.0 Å². The number of aryl methyl sites for hydroxylation is 1. The van der Waals surface area contributed by atoms with Gasteiger partial charge in [0.2, 0.25) is 0 Å². The summed E-state index contributed by atoms with van der Waals surface area (Å²) in [5, 5.41) is 8.05. The van der Waals surface area contributed by atoms with Gasteiger partial charge in [-0.1, -0.05) is 24.3 Å². The van der Waals surface area contributed by atoms with Crippen molar-refractivity contribution in [1.29, 1.82) is 0 Å². The molecule has 0 amide bonds. The van der Waals surface area contributed by atoms with Crippen LogP contribution in [0.3, 0.4) is 0 Å². The standard InChI is InChI=1S/C26H27FN6O/c1-2-33-26(30-15-31-33)23-24(17-6-4-16(5-7-17)14-32-8-3-9-32)28-12-18-10-19(27)11-20-21(34)13-29-25(23)22(18)20/h4-7,10-11,15,23-24,28H,2-3,8-9,12-14H2,1H3. The molecule has 4 heterocycles. The molecule has 1 saturated heterocycles. The Morgan fingerprint density at radius 3 is 2.74 bits per heavy atom. The van der Waals surface area contributed by atoms with E-state index in [0.29, 0.717) is 18.7 Å². The summed E-state index contributed by atoms with van der Waals surface area (Å²) in [5.74, 6) is -0.0145. The van der Waals surface area contributed by atoms with E-state index in [1.807, 2.05) is 11.6 Å². The van der Waals surface area contributed by atoms with Crippen molar-refractivity contribution < 1.29 is 9.18 Å². The second-order valence-corrected chi connectivity index (χ2v) is 9.25. The fraction of sp³-hybridized carbons (Fsp3) is 0.385. The lowest BCUT2D eigenvalue weighted by Crippen LogP contribution is -2.36. The minimum atomic E-state index is -0.396. The van der Waals surface area contributed by atoms with Crippen molar-refractivity contribution in [2.75, 3.05) is 19.6 Å². The molecule has 2 unspecified atom stereocenters. The predicted octanol–water partition coefficient (Wildman–Crippen LogP) is 3.26. The van der Waals surface area contributed by atoms with Crippen LogP contribution in [0.25, 0.3) is 0 Å². The van der Waals surface area contributed by atoms with E-state index < -0.39 is 5.82 Å². The molecule has 2 atom stereocenters. The molecule has 6 rings (SSSR count). The van der Waals surface area contributed by atoms with E-state index in [0.717, 1.165) is 47.9 Å². The number of hydrogen-bond donors (Lipinski definition) is 1. The molecule has 34 heavy (non-hydrogen) atoms. The second kappa shape index (κ2) is 8.52. The summed E-state index contributed by atoms with van der Waals surface area (Å²) in [5.41, 5.74) is 5.10. The number of carbonyl (C=O) groups is 1. The summed E-state index contributed by atoms with van der Waals surface area (Å²) < 4.78 is 16.3. The molecule has 3 aliphatic rings. The summed E-state index contributed by atoms with van der Waals surface area (Å²) >= 11 is 0. The number of ketones is 1. The molecule has 1 fully saturated rings. The fourth-order valence-corrected chi connectivity index (χ4v) is 5.36. The monoisotopic (exact) mass is 458 g/mol. The van der Waals surface area contributed by atoms with E-state index in [4.69, 9.17) is 4.99 Å². The molecule has 174 valence electrons. The molecule has 0 bridgehead atoms. The zero-order valence-corrected chi connectivity index (χ0v) is 19.2. The van der Waals surface area contributed by atoms with Gasteiger partial charge in [0.25, 0.3) is 0 Å². The molecule has 3 aliphatic heterocycles. The van der Waals surface area contributed by atoms with Crippen LogP contribution in [0.2, 0.25) is 0 Å². The van der Waals surface area contributed by atoms with E-state index in [1.54, 1.807) is 6.33 Å². The average Bonchev–Trinajstić information content (AvgIpc) is 3.22. The molecule has 8 heteroatoms. The molecule has 1 aromatic heterocycles. The Bertz CT molecular complexity index is 1280. The van der Waals surface area contributed by atoms with Crippen molar-refractivity contribution in [3.05, 3.63) is 82.2 Å². The second-order valence-electron chi connectivity index (χ2n) is 9.25. The molecule has 0 spiro atoms. The predicted molar refractivity (Wildman–Crippen MR) is 126 cm³/mol. The lowest BCUT2D eigenvalue weighted by molar-refractivity contribution is 0.0999. The van der Waals surface area contributed by atoms with Gasteiger partial charge in [0.1, 0.15) is 24.5 Å². The van der Waals surface area contributed by atoms with Gasteiger partial charge in [0.15, 0.2) is 5.78 Å². The molecule has 0 aliphatic carbocycles. The van der Waals surface area contributed by atoms with Crippen molar-refractivity contribution in [3.63, 3.8) is 0 Å². The van der Waals surface area contributed by atoms with Crippen LogP contribution in [0.4, 0.5) is 4.39 Å². The van der Waals surface area contributed by atoms with E-state index in [2.05, 4.69) is 44.6 Å².